The molecule has 0 bridgehead atoms. The van der Waals surface area contributed by atoms with Crippen LogP contribution >= 0.6 is 0 Å². The molecule has 0 atom stereocenters. The Labute approximate surface area is 206 Å². The molecule has 5 rings (SSSR count). The van der Waals surface area contributed by atoms with Crippen LogP contribution < -0.4 is 11.2 Å². The van der Waals surface area contributed by atoms with Crippen LogP contribution in [0.2, 0.25) is 0 Å². The van der Waals surface area contributed by atoms with Gasteiger partial charge in [0, 0.05) is 18.7 Å². The van der Waals surface area contributed by atoms with Crippen LogP contribution in [0.4, 0.5) is 0 Å². The van der Waals surface area contributed by atoms with E-state index < -0.39 is 0 Å². The Bertz CT molecular complexity index is 1450. The van der Waals surface area contributed by atoms with E-state index in [9.17, 15) is 5.41 Å². The molecule has 5 heteroatoms. The topological polar surface area (TPSA) is 72.6 Å². The van der Waals surface area contributed by atoms with Crippen LogP contribution in [0, 0.1) is 5.41 Å². The maximum Gasteiger partial charge on any atom is 0.146 e. The van der Waals surface area contributed by atoms with E-state index in [2.05, 4.69) is 83.4 Å². The van der Waals surface area contributed by atoms with Gasteiger partial charge in [0.1, 0.15) is 11.1 Å². The Balaban J connectivity index is 1.76. The number of hydrogen-bond donors (Lipinski definition) is 2. The molecule has 0 unspecified atom stereocenters. The summed E-state index contributed by atoms with van der Waals surface area (Å²) in [7, 11) is 0. The molecule has 2 heterocycles. The molecule has 35 heavy (non-hydrogen) atoms. The fourth-order valence-electron chi connectivity index (χ4n) is 4.77. The minimum atomic E-state index is 0.501. The van der Waals surface area contributed by atoms with Crippen LogP contribution in [-0.4, -0.2) is 20.7 Å². The first kappa shape index (κ1) is 22.8. The summed E-state index contributed by atoms with van der Waals surface area (Å²) >= 11 is 0. The third kappa shape index (κ3) is 4.68. The number of hydrogen-bond acceptors (Lipinski definition) is 3. The molecule has 0 saturated carbocycles. The molecule has 5 aromatic rings. The van der Waals surface area contributed by atoms with Crippen molar-refractivity contribution in [1.29, 1.82) is 5.41 Å². The summed E-state index contributed by atoms with van der Waals surface area (Å²) in [5.74, 6) is 0. The fraction of sp³-hybridized carbons (Fsp3) is 0.200. The lowest BCUT2D eigenvalue weighted by Crippen LogP contribution is -2.21. The van der Waals surface area contributed by atoms with Crippen molar-refractivity contribution < 1.29 is 0 Å². The molecular formula is C30H31N5. The highest BCUT2D eigenvalue weighted by atomic mass is 15.1. The van der Waals surface area contributed by atoms with Crippen molar-refractivity contribution in [1.82, 2.24) is 14.1 Å². The molecule has 0 amide bonds. The van der Waals surface area contributed by atoms with Crippen LogP contribution in [-0.2, 0) is 19.5 Å². The molecule has 5 nitrogen and oxygen atoms in total. The average Bonchev–Trinajstić information content (AvgIpc) is 3.25. The summed E-state index contributed by atoms with van der Waals surface area (Å²) in [6.45, 7) is 2.18. The van der Waals surface area contributed by atoms with Crippen molar-refractivity contribution in [2.75, 3.05) is 6.54 Å². The Morgan fingerprint density at radius 3 is 2.03 bits per heavy atom. The maximum atomic E-state index is 9.21. The van der Waals surface area contributed by atoms with Crippen LogP contribution in [0.5, 0.6) is 0 Å². The van der Waals surface area contributed by atoms with Crippen molar-refractivity contribution in [2.24, 2.45) is 5.73 Å². The molecule has 0 saturated heterocycles. The second-order valence-corrected chi connectivity index (χ2v) is 8.82. The van der Waals surface area contributed by atoms with E-state index in [-0.39, 0.29) is 0 Å². The Hall–Kier alpha value is -3.96. The molecule has 3 N–H and O–H groups in total. The van der Waals surface area contributed by atoms with Crippen LogP contribution in [0.3, 0.4) is 0 Å². The molecule has 2 aromatic heterocycles. The Morgan fingerprint density at radius 1 is 0.743 bits per heavy atom. The van der Waals surface area contributed by atoms with E-state index in [1.807, 2.05) is 23.0 Å². The van der Waals surface area contributed by atoms with Crippen LogP contribution in [0.25, 0.3) is 33.4 Å². The van der Waals surface area contributed by atoms with E-state index in [4.69, 9.17) is 10.7 Å². The second kappa shape index (κ2) is 10.5. The van der Waals surface area contributed by atoms with E-state index in [1.54, 1.807) is 0 Å². The number of aryl methyl sites for hydroxylation is 3. The van der Waals surface area contributed by atoms with Gasteiger partial charge in [0.2, 0.25) is 0 Å². The first-order valence-electron chi connectivity index (χ1n) is 12.3. The summed E-state index contributed by atoms with van der Waals surface area (Å²) in [5.41, 5.74) is 12.8. The molecule has 0 fully saturated rings. The second-order valence-electron chi connectivity index (χ2n) is 8.82. The van der Waals surface area contributed by atoms with Gasteiger partial charge in [0.05, 0.1) is 17.4 Å². The molecule has 176 valence electrons. The van der Waals surface area contributed by atoms with Gasteiger partial charge in [-0.25, -0.2) is 4.98 Å². The molecular weight excluding hydrogens is 430 g/mol. The van der Waals surface area contributed by atoms with Gasteiger partial charge in [-0.1, -0.05) is 91.0 Å². The van der Waals surface area contributed by atoms with Crippen molar-refractivity contribution in [3.05, 3.63) is 108 Å². The van der Waals surface area contributed by atoms with E-state index >= 15 is 0 Å². The summed E-state index contributed by atoms with van der Waals surface area (Å²) < 4.78 is 4.27. The fourth-order valence-corrected chi connectivity index (χ4v) is 4.77. The van der Waals surface area contributed by atoms with Gasteiger partial charge in [-0.3, -0.25) is 5.41 Å². The summed E-state index contributed by atoms with van der Waals surface area (Å²) in [6.07, 6.45) is 4.58. The Kier molecular flexibility index (Phi) is 6.87. The Morgan fingerprint density at radius 2 is 1.37 bits per heavy atom. The van der Waals surface area contributed by atoms with E-state index in [0.717, 1.165) is 65.8 Å². The zero-order chi connectivity index (χ0) is 24.0. The molecule has 0 aliphatic carbocycles. The number of rotatable bonds is 9. The summed E-state index contributed by atoms with van der Waals surface area (Å²) in [4.78, 5) is 4.94. The number of nitrogens with zero attached hydrogens (tertiary/aromatic N) is 3. The van der Waals surface area contributed by atoms with Crippen LogP contribution in [0.1, 0.15) is 18.4 Å². The number of fused-ring (bicyclic) bond motifs is 1. The van der Waals surface area contributed by atoms with E-state index in [1.165, 1.54) is 5.56 Å². The smallest absolute Gasteiger partial charge is 0.146 e. The molecule has 3 aromatic carbocycles. The predicted octanol–water partition coefficient (Wildman–Crippen LogP) is 5.63. The number of nitrogens with one attached hydrogen (secondary N) is 1. The first-order chi connectivity index (χ1) is 17.3. The minimum Gasteiger partial charge on any atom is -0.330 e. The predicted molar refractivity (Wildman–Crippen MR) is 143 cm³/mol. The van der Waals surface area contributed by atoms with Gasteiger partial charge in [-0.2, -0.15) is 0 Å². The third-order valence-electron chi connectivity index (χ3n) is 6.51. The molecule has 0 spiro atoms. The lowest BCUT2D eigenvalue weighted by atomic mass is 9.99. The number of unbranched alkanes of at least 4 members (excludes halogenated alkanes) is 1. The highest BCUT2D eigenvalue weighted by Gasteiger charge is 2.23. The van der Waals surface area contributed by atoms with Crippen molar-refractivity contribution in [3.8, 4) is 22.4 Å². The zero-order valence-corrected chi connectivity index (χ0v) is 19.9. The normalized spacial score (nSPS) is 11.2. The maximum absolute atomic E-state index is 9.21. The molecule has 0 aliphatic heterocycles. The highest BCUT2D eigenvalue weighted by Crippen LogP contribution is 2.39. The number of aromatic nitrogens is 3. The summed E-state index contributed by atoms with van der Waals surface area (Å²) in [6, 6.07) is 31.5. The largest absolute Gasteiger partial charge is 0.330 e. The van der Waals surface area contributed by atoms with Gasteiger partial charge in [0.15, 0.2) is 0 Å². The van der Waals surface area contributed by atoms with Gasteiger partial charge >= 0.3 is 0 Å². The lowest BCUT2D eigenvalue weighted by molar-refractivity contribution is 0.583. The molecule has 0 aliphatic rings. The highest BCUT2D eigenvalue weighted by molar-refractivity contribution is 6.02. The third-order valence-corrected chi connectivity index (χ3v) is 6.51. The first-order valence-corrected chi connectivity index (χ1v) is 12.3. The van der Waals surface area contributed by atoms with Crippen molar-refractivity contribution in [3.63, 3.8) is 0 Å². The van der Waals surface area contributed by atoms with Crippen molar-refractivity contribution in [2.45, 2.75) is 32.4 Å². The lowest BCUT2D eigenvalue weighted by Gasteiger charge is -2.13. The average molecular weight is 462 g/mol. The van der Waals surface area contributed by atoms with Gasteiger partial charge < -0.3 is 14.9 Å². The van der Waals surface area contributed by atoms with Crippen molar-refractivity contribution >= 4 is 11.0 Å². The SMILES string of the molecule is N=c1c2c(-c3ccccc3)c(-c3ccccc3)n(CCc3ccccc3)c2ncn1CCCCN. The van der Waals surface area contributed by atoms with Gasteiger partial charge in [0.25, 0.3) is 0 Å². The summed E-state index contributed by atoms with van der Waals surface area (Å²) in [5, 5.41) is 10.1. The van der Waals surface area contributed by atoms with Gasteiger partial charge in [-0.15, -0.1) is 0 Å². The van der Waals surface area contributed by atoms with Crippen LogP contribution in [0.15, 0.2) is 97.3 Å². The number of nitrogens with two attached hydrogens (primary N) is 1. The number of benzene rings is 3. The molecule has 0 radical (unpaired) electrons. The van der Waals surface area contributed by atoms with E-state index in [0.29, 0.717) is 12.0 Å². The van der Waals surface area contributed by atoms with Gasteiger partial charge in [-0.05, 0) is 42.5 Å². The zero-order valence-electron chi connectivity index (χ0n) is 19.9. The standard InChI is InChI=1S/C30H31N5/c31-19-10-11-20-34-22-33-30-27(29(34)32)26(24-14-6-2-7-15-24)28(25-16-8-3-9-17-25)35(30)21-18-23-12-4-1-5-13-23/h1-9,12-17,22,32H,10-11,18-21,31H2. The monoisotopic (exact) mass is 461 g/mol. The quantitative estimate of drug-likeness (QED) is 0.279. The minimum absolute atomic E-state index is 0.501.